The minimum atomic E-state index is -0.701. The first-order valence-electron chi connectivity index (χ1n) is 3.94. The third kappa shape index (κ3) is 3.59. The van der Waals surface area contributed by atoms with E-state index in [1.165, 1.54) is 0 Å². The van der Waals surface area contributed by atoms with Crippen LogP contribution in [0.15, 0.2) is 18.2 Å². The second-order valence-electron chi connectivity index (χ2n) is 2.72. The number of hydrogen-bond donors (Lipinski definition) is 1. The predicted molar refractivity (Wildman–Crippen MR) is 51.7 cm³/mol. The van der Waals surface area contributed by atoms with Crippen LogP contribution < -0.4 is 4.74 Å². The largest absolute Gasteiger partial charge is 0.491 e. The van der Waals surface area contributed by atoms with E-state index in [4.69, 9.17) is 9.84 Å². The van der Waals surface area contributed by atoms with Crippen LogP contribution in [-0.4, -0.2) is 23.1 Å². The molecule has 0 radical (unpaired) electrons. The minimum absolute atomic E-state index is 0.00581. The molecule has 0 aliphatic rings. The lowest BCUT2D eigenvalue weighted by Gasteiger charge is -2.09. The van der Waals surface area contributed by atoms with Gasteiger partial charge in [-0.05, 0) is 0 Å². The number of ether oxygens (including phenoxy) is 1. The molecule has 0 saturated heterocycles. The fraction of sp³-hybridized carbons (Fsp3) is 0.333. The summed E-state index contributed by atoms with van der Waals surface area (Å²) in [6.45, 7) is -0.00581. The molecule has 0 aliphatic heterocycles. The van der Waals surface area contributed by atoms with Gasteiger partial charge in [-0.3, -0.25) is 0 Å². The van der Waals surface area contributed by atoms with Gasteiger partial charge >= 0.3 is 0 Å². The van der Waals surface area contributed by atoms with Crippen LogP contribution in [0.5, 0.6) is 5.75 Å². The summed E-state index contributed by atoms with van der Waals surface area (Å²) in [7, 11) is 0. The fourth-order valence-electron chi connectivity index (χ4n) is 0.849. The average molecular weight is 267 g/mol. The molecule has 0 heterocycles. The maximum absolute atomic E-state index is 12.6. The van der Waals surface area contributed by atoms with E-state index in [0.717, 1.165) is 18.2 Å². The molecule has 1 unspecified atom stereocenters. The fourth-order valence-corrected chi connectivity index (χ4v) is 1.04. The molecular formula is C9H9BrF2O2. The Morgan fingerprint density at radius 3 is 2.36 bits per heavy atom. The average Bonchev–Trinajstić information content (AvgIpc) is 2.12. The number of rotatable bonds is 4. The highest BCUT2D eigenvalue weighted by Gasteiger charge is 2.05. The summed E-state index contributed by atoms with van der Waals surface area (Å²) in [4.78, 5) is 0. The molecule has 1 atom stereocenters. The molecule has 1 aromatic rings. The van der Waals surface area contributed by atoms with E-state index in [9.17, 15) is 8.78 Å². The van der Waals surface area contributed by atoms with E-state index in [-0.39, 0.29) is 12.4 Å². The van der Waals surface area contributed by atoms with E-state index in [1.807, 2.05) is 0 Å². The number of halogens is 3. The lowest BCUT2D eigenvalue weighted by atomic mass is 10.3. The molecule has 1 aromatic carbocycles. The van der Waals surface area contributed by atoms with Gasteiger partial charge in [0.25, 0.3) is 0 Å². The van der Waals surface area contributed by atoms with Crippen molar-refractivity contribution in [3.05, 3.63) is 29.8 Å². The Kier molecular flexibility index (Phi) is 4.28. The second kappa shape index (κ2) is 5.26. The van der Waals surface area contributed by atoms with Gasteiger partial charge in [-0.15, -0.1) is 0 Å². The van der Waals surface area contributed by atoms with E-state index in [1.54, 1.807) is 0 Å². The van der Waals surface area contributed by atoms with Crippen LogP contribution in [0.25, 0.3) is 0 Å². The van der Waals surface area contributed by atoms with Crippen LogP contribution in [0.2, 0.25) is 0 Å². The minimum Gasteiger partial charge on any atom is -0.491 e. The topological polar surface area (TPSA) is 29.5 Å². The van der Waals surface area contributed by atoms with Crippen molar-refractivity contribution in [2.45, 2.75) is 6.10 Å². The molecule has 5 heteroatoms. The molecule has 14 heavy (non-hydrogen) atoms. The molecule has 0 aromatic heterocycles. The highest BCUT2D eigenvalue weighted by atomic mass is 79.9. The number of aliphatic hydroxyl groups is 1. The van der Waals surface area contributed by atoms with E-state index >= 15 is 0 Å². The van der Waals surface area contributed by atoms with Gasteiger partial charge in [-0.25, -0.2) is 8.78 Å². The molecule has 2 nitrogen and oxygen atoms in total. The maximum atomic E-state index is 12.6. The molecular weight excluding hydrogens is 258 g/mol. The van der Waals surface area contributed by atoms with E-state index in [0.29, 0.717) is 5.33 Å². The predicted octanol–water partition coefficient (Wildman–Crippen LogP) is 2.10. The zero-order chi connectivity index (χ0) is 10.6. The molecule has 0 amide bonds. The van der Waals surface area contributed by atoms with Gasteiger partial charge in [0.1, 0.15) is 24.0 Å². The van der Waals surface area contributed by atoms with Crippen molar-refractivity contribution in [3.8, 4) is 5.75 Å². The summed E-state index contributed by atoms with van der Waals surface area (Å²) in [5.74, 6) is -1.33. The summed E-state index contributed by atoms with van der Waals surface area (Å²) in [6, 6.07) is 2.88. The van der Waals surface area contributed by atoms with Crippen LogP contribution >= 0.6 is 15.9 Å². The number of aliphatic hydroxyl groups excluding tert-OH is 1. The number of benzene rings is 1. The summed E-state index contributed by atoms with van der Waals surface area (Å²) >= 11 is 3.04. The van der Waals surface area contributed by atoms with E-state index in [2.05, 4.69) is 15.9 Å². The molecule has 0 bridgehead atoms. The lowest BCUT2D eigenvalue weighted by Crippen LogP contribution is -2.18. The van der Waals surface area contributed by atoms with Crippen LogP contribution in [0.3, 0.4) is 0 Å². The molecule has 1 rings (SSSR count). The zero-order valence-corrected chi connectivity index (χ0v) is 8.80. The highest BCUT2D eigenvalue weighted by molar-refractivity contribution is 9.09. The Morgan fingerprint density at radius 2 is 1.86 bits per heavy atom. The third-order valence-corrected chi connectivity index (χ3v) is 2.20. The van der Waals surface area contributed by atoms with Crippen LogP contribution in [0.4, 0.5) is 8.78 Å². The van der Waals surface area contributed by atoms with Gasteiger partial charge in [0.2, 0.25) is 0 Å². The summed E-state index contributed by atoms with van der Waals surface area (Å²) in [5.41, 5.74) is 0. The number of alkyl halides is 1. The van der Waals surface area contributed by atoms with Crippen LogP contribution in [0.1, 0.15) is 0 Å². The van der Waals surface area contributed by atoms with Gasteiger partial charge in [0.15, 0.2) is 0 Å². The molecule has 0 spiro atoms. The zero-order valence-electron chi connectivity index (χ0n) is 7.21. The van der Waals surface area contributed by atoms with Gasteiger partial charge in [-0.1, -0.05) is 15.9 Å². The van der Waals surface area contributed by atoms with Crippen molar-refractivity contribution in [2.24, 2.45) is 0 Å². The van der Waals surface area contributed by atoms with Crippen molar-refractivity contribution in [3.63, 3.8) is 0 Å². The standard InChI is InChI=1S/C9H9BrF2O2/c10-4-8(13)5-14-9-2-6(11)1-7(12)3-9/h1-3,8,13H,4-5H2. The van der Waals surface area contributed by atoms with Crippen molar-refractivity contribution in [2.75, 3.05) is 11.9 Å². The van der Waals surface area contributed by atoms with Gasteiger partial charge < -0.3 is 9.84 Å². The maximum Gasteiger partial charge on any atom is 0.129 e. The smallest absolute Gasteiger partial charge is 0.129 e. The van der Waals surface area contributed by atoms with Crippen molar-refractivity contribution >= 4 is 15.9 Å². The summed E-state index contributed by atoms with van der Waals surface area (Å²) < 4.78 is 30.2. The summed E-state index contributed by atoms with van der Waals surface area (Å²) in [5, 5.41) is 9.45. The van der Waals surface area contributed by atoms with Crippen molar-refractivity contribution in [1.29, 1.82) is 0 Å². The quantitative estimate of drug-likeness (QED) is 0.846. The van der Waals surface area contributed by atoms with Crippen LogP contribution in [-0.2, 0) is 0 Å². The Hall–Kier alpha value is -0.680. The first kappa shape index (κ1) is 11.4. The summed E-state index contributed by atoms with van der Waals surface area (Å²) in [6.07, 6.45) is -0.693. The number of hydrogen-bond acceptors (Lipinski definition) is 2. The molecule has 0 saturated carbocycles. The lowest BCUT2D eigenvalue weighted by molar-refractivity contribution is 0.127. The Bertz CT molecular complexity index is 287. The highest BCUT2D eigenvalue weighted by Crippen LogP contribution is 2.15. The SMILES string of the molecule is OC(CBr)COc1cc(F)cc(F)c1. The Balaban J connectivity index is 2.58. The first-order valence-corrected chi connectivity index (χ1v) is 5.07. The van der Waals surface area contributed by atoms with Crippen molar-refractivity contribution in [1.82, 2.24) is 0 Å². The molecule has 0 aliphatic carbocycles. The normalized spacial score (nSPS) is 12.6. The molecule has 1 N–H and O–H groups in total. The monoisotopic (exact) mass is 266 g/mol. The van der Waals surface area contributed by atoms with Crippen molar-refractivity contribution < 1.29 is 18.6 Å². The van der Waals surface area contributed by atoms with E-state index < -0.39 is 17.7 Å². The first-order chi connectivity index (χ1) is 6.61. The second-order valence-corrected chi connectivity index (χ2v) is 3.37. The van der Waals surface area contributed by atoms with Gasteiger partial charge in [0, 0.05) is 23.5 Å². The Morgan fingerprint density at radius 1 is 1.29 bits per heavy atom. The van der Waals surface area contributed by atoms with Gasteiger partial charge in [0.05, 0.1) is 6.10 Å². The van der Waals surface area contributed by atoms with Crippen LogP contribution in [0, 0.1) is 11.6 Å². The van der Waals surface area contributed by atoms with Gasteiger partial charge in [-0.2, -0.15) is 0 Å². The molecule has 0 fully saturated rings. The molecule has 78 valence electrons. The Labute approximate surface area is 88.6 Å². The third-order valence-electron chi connectivity index (χ3n) is 1.46.